The van der Waals surface area contributed by atoms with Gasteiger partial charge in [0.1, 0.15) is 5.50 Å². The Morgan fingerprint density at radius 3 is 3.11 bits per heavy atom. The summed E-state index contributed by atoms with van der Waals surface area (Å²) in [6.45, 7) is 0.868. The zero-order chi connectivity index (χ0) is 12.5. The average Bonchev–Trinajstić information content (AvgIpc) is 2.93. The van der Waals surface area contributed by atoms with Crippen LogP contribution in [-0.2, 0) is 6.42 Å². The van der Waals surface area contributed by atoms with Gasteiger partial charge in [0, 0.05) is 35.4 Å². The molecule has 1 aliphatic heterocycles. The lowest BCUT2D eigenvalue weighted by Gasteiger charge is -2.23. The van der Waals surface area contributed by atoms with Crippen molar-refractivity contribution in [3.63, 3.8) is 0 Å². The molecular weight excluding hydrogens is 246 g/mol. The van der Waals surface area contributed by atoms with Gasteiger partial charge in [-0.2, -0.15) is 0 Å². The minimum absolute atomic E-state index is 0.0373. The Kier molecular flexibility index (Phi) is 2.89. The summed E-state index contributed by atoms with van der Waals surface area (Å²) < 4.78 is 0. The molecule has 0 saturated carbocycles. The largest absolute Gasteiger partial charge is 0.399 e. The van der Waals surface area contributed by atoms with E-state index >= 15 is 0 Å². The maximum atomic E-state index is 6.14. The number of imidazole rings is 1. The fraction of sp³-hybridized carbons (Fsp3) is 0.250. The number of nitrogen functional groups attached to an aromatic ring is 1. The number of thioether (sulfide) groups is 1. The van der Waals surface area contributed by atoms with Crippen LogP contribution in [-0.4, -0.2) is 22.0 Å². The Morgan fingerprint density at radius 1 is 1.44 bits per heavy atom. The first-order chi connectivity index (χ1) is 8.74. The van der Waals surface area contributed by atoms with Crippen molar-refractivity contribution in [3.05, 3.63) is 36.4 Å². The van der Waals surface area contributed by atoms with Crippen LogP contribution in [0.1, 0.15) is 5.69 Å². The van der Waals surface area contributed by atoms with Crippen LogP contribution in [0.2, 0.25) is 0 Å². The molecule has 0 fully saturated rings. The number of benzene rings is 1. The van der Waals surface area contributed by atoms with Gasteiger partial charge in [0.15, 0.2) is 0 Å². The Morgan fingerprint density at radius 2 is 2.33 bits per heavy atom. The van der Waals surface area contributed by atoms with Crippen LogP contribution in [0, 0.1) is 0 Å². The topological polar surface area (TPSA) is 84.0 Å². The highest BCUT2D eigenvalue weighted by molar-refractivity contribution is 8.00. The van der Waals surface area contributed by atoms with Crippen molar-refractivity contribution in [2.45, 2.75) is 16.8 Å². The molecule has 0 spiro atoms. The molecule has 1 atom stereocenters. The molecule has 5 N–H and O–H groups in total. The monoisotopic (exact) mass is 261 g/mol. The maximum absolute atomic E-state index is 6.14. The van der Waals surface area contributed by atoms with Crippen molar-refractivity contribution < 1.29 is 0 Å². The van der Waals surface area contributed by atoms with Crippen molar-refractivity contribution in [2.75, 3.05) is 17.2 Å². The summed E-state index contributed by atoms with van der Waals surface area (Å²) in [6, 6.07) is 5.94. The normalized spacial score (nSPS) is 18.1. The molecule has 0 saturated heterocycles. The summed E-state index contributed by atoms with van der Waals surface area (Å²) in [5.41, 5.74) is 15.0. The fourth-order valence-corrected chi connectivity index (χ4v) is 3.22. The van der Waals surface area contributed by atoms with Crippen LogP contribution in [0.25, 0.3) is 0 Å². The van der Waals surface area contributed by atoms with Crippen molar-refractivity contribution >= 4 is 23.1 Å². The van der Waals surface area contributed by atoms with E-state index in [0.29, 0.717) is 0 Å². The van der Waals surface area contributed by atoms with Crippen molar-refractivity contribution in [2.24, 2.45) is 5.73 Å². The molecule has 1 aliphatic rings. The van der Waals surface area contributed by atoms with Gasteiger partial charge in [0.2, 0.25) is 0 Å². The van der Waals surface area contributed by atoms with E-state index in [2.05, 4.69) is 14.9 Å². The second-order valence-electron chi connectivity index (χ2n) is 4.26. The van der Waals surface area contributed by atoms with Crippen LogP contribution >= 0.6 is 11.8 Å². The molecule has 1 unspecified atom stereocenters. The van der Waals surface area contributed by atoms with Crippen LogP contribution in [0.5, 0.6) is 0 Å². The van der Waals surface area contributed by atoms with Crippen molar-refractivity contribution in [3.8, 4) is 0 Å². The standard InChI is InChI=1S/C12H15N5S/c13-8-1-2-10-11(5-8)18-12(14)17(10)4-3-9-6-15-7-16-9/h1-2,5-7,12H,3-4,13-14H2,(H,15,16). The van der Waals surface area contributed by atoms with Gasteiger partial charge in [-0.05, 0) is 18.2 Å². The first-order valence-corrected chi connectivity index (χ1v) is 6.67. The van der Waals surface area contributed by atoms with Crippen LogP contribution < -0.4 is 16.4 Å². The number of anilines is 2. The second kappa shape index (κ2) is 4.55. The minimum atomic E-state index is -0.0373. The SMILES string of the molecule is Nc1ccc2c(c1)SC(N)N2CCc1cnc[nH]1. The molecule has 2 aromatic rings. The minimum Gasteiger partial charge on any atom is -0.399 e. The number of aromatic nitrogens is 2. The lowest BCUT2D eigenvalue weighted by Crippen LogP contribution is -2.37. The Hall–Kier alpha value is -1.66. The number of fused-ring (bicyclic) bond motifs is 1. The van der Waals surface area contributed by atoms with Gasteiger partial charge < -0.3 is 21.4 Å². The molecule has 94 valence electrons. The summed E-state index contributed by atoms with van der Waals surface area (Å²) in [5, 5.41) is 0. The van der Waals surface area contributed by atoms with Crippen LogP contribution in [0.4, 0.5) is 11.4 Å². The fourth-order valence-electron chi connectivity index (χ4n) is 2.10. The third-order valence-electron chi connectivity index (χ3n) is 3.03. The molecule has 5 nitrogen and oxygen atoms in total. The number of hydrogen-bond acceptors (Lipinski definition) is 5. The lowest BCUT2D eigenvalue weighted by atomic mass is 10.2. The van der Waals surface area contributed by atoms with Gasteiger partial charge in [-0.15, -0.1) is 0 Å². The number of nitrogens with two attached hydrogens (primary N) is 2. The molecule has 0 radical (unpaired) electrons. The molecule has 1 aromatic carbocycles. The third-order valence-corrected chi connectivity index (χ3v) is 4.10. The van der Waals surface area contributed by atoms with Gasteiger partial charge in [-0.25, -0.2) is 4.98 Å². The van der Waals surface area contributed by atoms with E-state index in [1.165, 1.54) is 5.69 Å². The quantitative estimate of drug-likeness (QED) is 0.727. The molecule has 3 rings (SSSR count). The highest BCUT2D eigenvalue weighted by Gasteiger charge is 2.26. The van der Waals surface area contributed by atoms with E-state index in [9.17, 15) is 0 Å². The van der Waals surface area contributed by atoms with Gasteiger partial charge in [0.05, 0.1) is 12.0 Å². The summed E-state index contributed by atoms with van der Waals surface area (Å²) in [4.78, 5) is 10.5. The number of rotatable bonds is 3. The third kappa shape index (κ3) is 2.04. The Labute approximate surface area is 110 Å². The molecule has 18 heavy (non-hydrogen) atoms. The molecule has 0 bridgehead atoms. The summed E-state index contributed by atoms with van der Waals surface area (Å²) in [5.74, 6) is 0. The van der Waals surface area contributed by atoms with E-state index in [4.69, 9.17) is 11.5 Å². The predicted octanol–water partition coefficient (Wildman–Crippen LogP) is 1.39. The lowest BCUT2D eigenvalue weighted by molar-refractivity contribution is 0.758. The van der Waals surface area contributed by atoms with E-state index < -0.39 is 0 Å². The zero-order valence-corrected chi connectivity index (χ0v) is 10.7. The van der Waals surface area contributed by atoms with Gasteiger partial charge in [0.25, 0.3) is 0 Å². The first-order valence-electron chi connectivity index (χ1n) is 5.80. The summed E-state index contributed by atoms with van der Waals surface area (Å²) in [7, 11) is 0. The molecular formula is C12H15N5S. The molecule has 2 heterocycles. The second-order valence-corrected chi connectivity index (χ2v) is 5.41. The van der Waals surface area contributed by atoms with Gasteiger partial charge >= 0.3 is 0 Å². The Balaban J connectivity index is 1.77. The van der Waals surface area contributed by atoms with E-state index in [1.54, 1.807) is 18.1 Å². The van der Waals surface area contributed by atoms with Crippen molar-refractivity contribution in [1.82, 2.24) is 9.97 Å². The molecule has 0 amide bonds. The smallest absolute Gasteiger partial charge is 0.130 e. The van der Waals surface area contributed by atoms with E-state index in [1.807, 2.05) is 24.4 Å². The Bertz CT molecular complexity index is 539. The summed E-state index contributed by atoms with van der Waals surface area (Å²) >= 11 is 1.65. The van der Waals surface area contributed by atoms with Gasteiger partial charge in [-0.1, -0.05) is 11.8 Å². The van der Waals surface area contributed by atoms with Crippen LogP contribution in [0.15, 0.2) is 35.6 Å². The highest BCUT2D eigenvalue weighted by Crippen LogP contribution is 2.42. The number of H-pyrrole nitrogens is 1. The molecule has 0 aliphatic carbocycles. The number of aromatic amines is 1. The predicted molar refractivity (Wildman–Crippen MR) is 74.3 cm³/mol. The van der Waals surface area contributed by atoms with Crippen LogP contribution in [0.3, 0.4) is 0 Å². The van der Waals surface area contributed by atoms with E-state index in [0.717, 1.165) is 29.2 Å². The summed E-state index contributed by atoms with van der Waals surface area (Å²) in [6.07, 6.45) is 4.44. The average molecular weight is 261 g/mol. The van der Waals surface area contributed by atoms with Crippen molar-refractivity contribution in [1.29, 1.82) is 0 Å². The number of hydrogen-bond donors (Lipinski definition) is 3. The zero-order valence-electron chi connectivity index (χ0n) is 9.84. The number of nitrogens with zero attached hydrogens (tertiary/aromatic N) is 2. The van der Waals surface area contributed by atoms with E-state index in [-0.39, 0.29) is 5.50 Å². The molecule has 6 heteroatoms. The number of nitrogens with one attached hydrogen (secondary N) is 1. The van der Waals surface area contributed by atoms with Gasteiger partial charge in [-0.3, -0.25) is 0 Å². The molecule has 1 aromatic heterocycles. The first kappa shape index (κ1) is 11.4. The maximum Gasteiger partial charge on any atom is 0.130 e. The highest BCUT2D eigenvalue weighted by atomic mass is 32.2.